The molecule has 2 atom stereocenters. The molecule has 7 aromatic rings. The number of nitrogens with zero attached hydrogens (tertiary/aromatic N) is 2. The van der Waals surface area contributed by atoms with Gasteiger partial charge in [0.2, 0.25) is 0 Å². The van der Waals surface area contributed by atoms with Crippen molar-refractivity contribution in [1.29, 1.82) is 0 Å². The maximum absolute atomic E-state index is 2.44. The van der Waals surface area contributed by atoms with E-state index in [4.69, 9.17) is 0 Å². The molecule has 0 radical (unpaired) electrons. The van der Waals surface area contributed by atoms with Gasteiger partial charge in [-0.2, -0.15) is 0 Å². The number of para-hydroxylation sites is 3. The van der Waals surface area contributed by atoms with E-state index in [0.29, 0.717) is 5.92 Å². The molecule has 2 unspecified atom stereocenters. The van der Waals surface area contributed by atoms with Crippen LogP contribution in [0.15, 0.2) is 182 Å². The van der Waals surface area contributed by atoms with Gasteiger partial charge in [0.05, 0.1) is 0 Å². The summed E-state index contributed by atoms with van der Waals surface area (Å²) in [5.74, 6) is 0.621. The van der Waals surface area contributed by atoms with Crippen LogP contribution < -0.4 is 9.80 Å². The number of benzene rings is 7. The molecule has 2 aliphatic carbocycles. The van der Waals surface area contributed by atoms with Crippen LogP contribution in [0.3, 0.4) is 0 Å². The summed E-state index contributed by atoms with van der Waals surface area (Å²) in [4.78, 5) is 4.80. The molecule has 2 nitrogen and oxygen atoms in total. The number of rotatable bonds is 8. The van der Waals surface area contributed by atoms with E-state index in [9.17, 15) is 0 Å². The molecule has 0 saturated heterocycles. The second-order valence-corrected chi connectivity index (χ2v) is 17.9. The van der Waals surface area contributed by atoms with Gasteiger partial charge >= 0.3 is 0 Å². The molecule has 57 heavy (non-hydrogen) atoms. The molecular formula is C55H54N2. The SMILES string of the molecule is CC1(C)c2ccccc2-c2ccc(N(c3ccccc3)c3ccc(C4(c5ccc(N(c6ccccc6)c6ccccc6)cc5)CCCC(C(C)(C)C)C4)cc3)cc21. The van der Waals surface area contributed by atoms with Crippen molar-refractivity contribution in [3.63, 3.8) is 0 Å². The summed E-state index contributed by atoms with van der Waals surface area (Å²) in [6, 6.07) is 67.5. The Morgan fingerprint density at radius 2 is 0.877 bits per heavy atom. The van der Waals surface area contributed by atoms with E-state index >= 15 is 0 Å². The third-order valence-electron chi connectivity index (χ3n) is 13.2. The van der Waals surface area contributed by atoms with E-state index in [1.54, 1.807) is 0 Å². The molecule has 0 aliphatic heterocycles. The van der Waals surface area contributed by atoms with Gasteiger partial charge in [-0.05, 0) is 137 Å². The molecule has 0 amide bonds. The summed E-state index contributed by atoms with van der Waals surface area (Å²) in [5.41, 5.74) is 15.4. The minimum absolute atomic E-state index is 0.0696. The van der Waals surface area contributed by atoms with Gasteiger partial charge in [0.1, 0.15) is 0 Å². The predicted octanol–water partition coefficient (Wildman–Crippen LogP) is 15.5. The van der Waals surface area contributed by atoms with E-state index in [-0.39, 0.29) is 16.2 Å². The van der Waals surface area contributed by atoms with Gasteiger partial charge in [0, 0.05) is 45.0 Å². The van der Waals surface area contributed by atoms with Crippen molar-refractivity contribution in [3.8, 4) is 11.1 Å². The average molecular weight is 743 g/mol. The molecule has 9 rings (SSSR count). The molecule has 1 fully saturated rings. The van der Waals surface area contributed by atoms with Crippen LogP contribution in [0.4, 0.5) is 34.1 Å². The van der Waals surface area contributed by atoms with Crippen molar-refractivity contribution in [3.05, 3.63) is 204 Å². The lowest BCUT2D eigenvalue weighted by molar-refractivity contribution is 0.137. The smallest absolute Gasteiger partial charge is 0.0465 e. The van der Waals surface area contributed by atoms with Crippen LogP contribution in [0, 0.1) is 11.3 Å². The van der Waals surface area contributed by atoms with Crippen molar-refractivity contribution in [2.45, 2.75) is 71.1 Å². The van der Waals surface area contributed by atoms with Crippen molar-refractivity contribution in [1.82, 2.24) is 0 Å². The van der Waals surface area contributed by atoms with Gasteiger partial charge in [-0.25, -0.2) is 0 Å². The molecule has 7 aromatic carbocycles. The lowest BCUT2D eigenvalue weighted by atomic mass is 9.58. The van der Waals surface area contributed by atoms with Gasteiger partial charge in [-0.3, -0.25) is 0 Å². The second kappa shape index (κ2) is 14.6. The standard InChI is InChI=1S/C55H54N2/c1-53(2,3)42-18-17-37-55(39-42,40-27-31-46(32-28-40)56(43-19-9-6-10-20-43)44-21-11-7-12-22-44)41-29-33-47(34-30-41)57(45-23-13-8-14-24-45)48-35-36-50-49-25-15-16-26-51(49)54(4,5)52(50)38-48/h6-16,19-36,38,42H,17-18,37,39H2,1-5H3. The monoisotopic (exact) mass is 742 g/mol. The highest BCUT2D eigenvalue weighted by Gasteiger charge is 2.43. The van der Waals surface area contributed by atoms with Crippen LogP contribution in [0.5, 0.6) is 0 Å². The fraction of sp³-hybridized carbons (Fsp3) is 0.236. The van der Waals surface area contributed by atoms with Crippen LogP contribution in [0.1, 0.15) is 82.6 Å². The van der Waals surface area contributed by atoms with Gasteiger partial charge in [-0.15, -0.1) is 0 Å². The van der Waals surface area contributed by atoms with E-state index in [0.717, 1.165) is 29.9 Å². The minimum Gasteiger partial charge on any atom is -0.311 e. The van der Waals surface area contributed by atoms with Crippen LogP contribution in [-0.2, 0) is 10.8 Å². The molecule has 0 heterocycles. The summed E-state index contributed by atoms with van der Waals surface area (Å²) < 4.78 is 0. The summed E-state index contributed by atoms with van der Waals surface area (Å²) >= 11 is 0. The van der Waals surface area contributed by atoms with E-state index in [1.807, 2.05) is 0 Å². The summed E-state index contributed by atoms with van der Waals surface area (Å²) in [7, 11) is 0. The molecule has 0 bridgehead atoms. The number of anilines is 6. The van der Waals surface area contributed by atoms with E-state index in [1.165, 1.54) is 63.3 Å². The summed E-state index contributed by atoms with van der Waals surface area (Å²) in [6.07, 6.45) is 4.77. The Balaban J connectivity index is 1.12. The molecule has 284 valence electrons. The Bertz CT molecular complexity index is 2420. The molecule has 0 spiro atoms. The molecule has 2 aliphatic rings. The Labute approximate surface area is 340 Å². The highest BCUT2D eigenvalue weighted by Crippen LogP contribution is 2.53. The first-order valence-electron chi connectivity index (χ1n) is 20.8. The van der Waals surface area contributed by atoms with E-state index < -0.39 is 0 Å². The van der Waals surface area contributed by atoms with Crippen LogP contribution in [0.25, 0.3) is 11.1 Å². The third-order valence-corrected chi connectivity index (χ3v) is 13.2. The minimum atomic E-state index is -0.0848. The zero-order valence-electron chi connectivity index (χ0n) is 34.1. The van der Waals surface area contributed by atoms with Crippen molar-refractivity contribution >= 4 is 34.1 Å². The maximum Gasteiger partial charge on any atom is 0.0465 e. The fourth-order valence-corrected chi connectivity index (χ4v) is 10.0. The highest BCUT2D eigenvalue weighted by atomic mass is 15.1. The van der Waals surface area contributed by atoms with Crippen LogP contribution in [0.2, 0.25) is 0 Å². The third kappa shape index (κ3) is 6.65. The first-order chi connectivity index (χ1) is 27.6. The zero-order valence-corrected chi connectivity index (χ0v) is 34.1. The highest BCUT2D eigenvalue weighted by molar-refractivity contribution is 5.85. The Morgan fingerprint density at radius 1 is 0.456 bits per heavy atom. The van der Waals surface area contributed by atoms with Crippen LogP contribution in [-0.4, -0.2) is 0 Å². The van der Waals surface area contributed by atoms with Gasteiger partial charge in [0.15, 0.2) is 0 Å². The lowest BCUT2D eigenvalue weighted by Gasteiger charge is -2.46. The number of fused-ring (bicyclic) bond motifs is 3. The molecule has 0 N–H and O–H groups in total. The van der Waals surface area contributed by atoms with Gasteiger partial charge in [-0.1, -0.05) is 150 Å². The van der Waals surface area contributed by atoms with E-state index in [2.05, 4.69) is 226 Å². The summed E-state index contributed by atoms with van der Waals surface area (Å²) in [6.45, 7) is 12.0. The molecule has 0 aromatic heterocycles. The van der Waals surface area contributed by atoms with Crippen LogP contribution >= 0.6 is 0 Å². The first-order valence-corrected chi connectivity index (χ1v) is 20.8. The molecule has 2 heteroatoms. The fourth-order valence-electron chi connectivity index (χ4n) is 10.0. The Hall–Kier alpha value is -5.86. The zero-order chi connectivity index (χ0) is 39.2. The normalized spacial score (nSPS) is 18.4. The number of hydrogen-bond acceptors (Lipinski definition) is 2. The summed E-state index contributed by atoms with van der Waals surface area (Å²) in [5, 5.41) is 0. The second-order valence-electron chi connectivity index (χ2n) is 17.9. The quantitative estimate of drug-likeness (QED) is 0.153. The Kier molecular flexibility index (Phi) is 9.40. The first kappa shape index (κ1) is 36.8. The van der Waals surface area contributed by atoms with Gasteiger partial charge in [0.25, 0.3) is 0 Å². The Morgan fingerprint density at radius 3 is 1.39 bits per heavy atom. The lowest BCUT2D eigenvalue weighted by Crippen LogP contribution is -2.38. The average Bonchev–Trinajstić information content (AvgIpc) is 3.48. The molecule has 1 saturated carbocycles. The predicted molar refractivity (Wildman–Crippen MR) is 242 cm³/mol. The van der Waals surface area contributed by atoms with Crippen molar-refractivity contribution in [2.24, 2.45) is 11.3 Å². The van der Waals surface area contributed by atoms with Crippen molar-refractivity contribution < 1.29 is 0 Å². The molecular weight excluding hydrogens is 689 g/mol. The maximum atomic E-state index is 2.44. The number of hydrogen-bond donors (Lipinski definition) is 0. The topological polar surface area (TPSA) is 6.48 Å². The van der Waals surface area contributed by atoms with Gasteiger partial charge < -0.3 is 9.80 Å². The largest absolute Gasteiger partial charge is 0.311 e. The van der Waals surface area contributed by atoms with Crippen molar-refractivity contribution in [2.75, 3.05) is 9.80 Å².